The number of thiophene rings is 1. The molecule has 15 heavy (non-hydrogen) atoms. The Morgan fingerprint density at radius 2 is 2.33 bits per heavy atom. The molecule has 3 heteroatoms. The van der Waals surface area contributed by atoms with Crippen molar-refractivity contribution in [3.63, 3.8) is 0 Å². The molecule has 0 spiro atoms. The summed E-state index contributed by atoms with van der Waals surface area (Å²) < 4.78 is 0. The van der Waals surface area contributed by atoms with Gasteiger partial charge in [-0.2, -0.15) is 0 Å². The van der Waals surface area contributed by atoms with Crippen LogP contribution in [0.2, 0.25) is 0 Å². The van der Waals surface area contributed by atoms with Gasteiger partial charge in [0.05, 0.1) is 0 Å². The van der Waals surface area contributed by atoms with E-state index in [1.54, 1.807) is 0 Å². The van der Waals surface area contributed by atoms with Crippen LogP contribution >= 0.6 is 27.3 Å². The van der Waals surface area contributed by atoms with Gasteiger partial charge in [-0.25, -0.2) is 0 Å². The number of hydrogen-bond acceptors (Lipinski definition) is 2. The average molecular weight is 288 g/mol. The van der Waals surface area contributed by atoms with Crippen LogP contribution in [0, 0.1) is 5.41 Å². The summed E-state index contributed by atoms with van der Waals surface area (Å²) in [6.45, 7) is 2.44. The molecule has 0 saturated heterocycles. The fourth-order valence-electron chi connectivity index (χ4n) is 1.92. The first kappa shape index (κ1) is 11.6. The number of likely N-dealkylation sites (N-methyl/N-ethyl adjacent to an activating group) is 1. The molecule has 84 valence electrons. The zero-order valence-electron chi connectivity index (χ0n) is 9.21. The van der Waals surface area contributed by atoms with Gasteiger partial charge in [-0.15, -0.1) is 11.3 Å². The fraction of sp³-hybridized carbons (Fsp3) is 0.667. The van der Waals surface area contributed by atoms with Crippen LogP contribution in [0.5, 0.6) is 0 Å². The third-order valence-corrected chi connectivity index (χ3v) is 5.29. The molecule has 1 aliphatic carbocycles. The first-order chi connectivity index (χ1) is 7.24. The molecule has 0 aromatic carbocycles. The molecular formula is C12H18BrNS. The Labute approximate surface area is 105 Å². The van der Waals surface area contributed by atoms with E-state index in [1.807, 2.05) is 11.3 Å². The number of halogens is 1. The summed E-state index contributed by atoms with van der Waals surface area (Å²) in [6, 6.07) is 4.37. The molecule has 1 heterocycles. The van der Waals surface area contributed by atoms with Crippen molar-refractivity contribution in [3.05, 3.63) is 22.4 Å². The van der Waals surface area contributed by atoms with Crippen molar-refractivity contribution < 1.29 is 0 Å². The summed E-state index contributed by atoms with van der Waals surface area (Å²) in [6.07, 6.45) is 4.01. The van der Waals surface area contributed by atoms with E-state index in [1.165, 1.54) is 42.6 Å². The Bertz CT molecular complexity index is 293. The number of hydrogen-bond donors (Lipinski definition) is 0. The van der Waals surface area contributed by atoms with Crippen LogP contribution in [0.3, 0.4) is 0 Å². The van der Waals surface area contributed by atoms with Gasteiger partial charge in [0, 0.05) is 23.3 Å². The largest absolute Gasteiger partial charge is 0.305 e. The molecule has 2 rings (SSSR count). The highest BCUT2D eigenvalue weighted by molar-refractivity contribution is 9.09. The monoisotopic (exact) mass is 287 g/mol. The van der Waals surface area contributed by atoms with Crippen molar-refractivity contribution in [2.45, 2.75) is 19.3 Å². The predicted octanol–water partition coefficient (Wildman–Crippen LogP) is 3.40. The maximum absolute atomic E-state index is 3.63. The van der Waals surface area contributed by atoms with Crippen LogP contribution < -0.4 is 0 Å². The van der Waals surface area contributed by atoms with Gasteiger partial charge in [0.1, 0.15) is 0 Å². The van der Waals surface area contributed by atoms with Gasteiger partial charge in [-0.3, -0.25) is 0 Å². The minimum Gasteiger partial charge on any atom is -0.305 e. The molecule has 0 N–H and O–H groups in total. The van der Waals surface area contributed by atoms with Crippen LogP contribution in [0.25, 0.3) is 0 Å². The Morgan fingerprint density at radius 1 is 1.53 bits per heavy atom. The SMILES string of the molecule is CN(CCc1cccs1)CC1(CBr)CC1. The Hall–Kier alpha value is 0.140. The highest BCUT2D eigenvalue weighted by Gasteiger charge is 2.41. The van der Waals surface area contributed by atoms with Crippen LogP contribution in [0.15, 0.2) is 17.5 Å². The second-order valence-electron chi connectivity index (χ2n) is 4.70. The molecule has 1 saturated carbocycles. The predicted molar refractivity (Wildman–Crippen MR) is 71.0 cm³/mol. The van der Waals surface area contributed by atoms with Crippen molar-refractivity contribution in [3.8, 4) is 0 Å². The third-order valence-electron chi connectivity index (χ3n) is 3.17. The summed E-state index contributed by atoms with van der Waals surface area (Å²) in [5.74, 6) is 0. The summed E-state index contributed by atoms with van der Waals surface area (Å²) in [5, 5.41) is 3.33. The van der Waals surface area contributed by atoms with Gasteiger partial charge in [0.25, 0.3) is 0 Å². The second-order valence-corrected chi connectivity index (χ2v) is 6.29. The topological polar surface area (TPSA) is 3.24 Å². The quantitative estimate of drug-likeness (QED) is 0.725. The van der Waals surface area contributed by atoms with Crippen molar-refractivity contribution in [1.29, 1.82) is 0 Å². The van der Waals surface area contributed by atoms with E-state index in [2.05, 4.69) is 45.4 Å². The molecular weight excluding hydrogens is 270 g/mol. The van der Waals surface area contributed by atoms with E-state index >= 15 is 0 Å². The molecule has 1 fully saturated rings. The maximum atomic E-state index is 3.63. The zero-order chi connectivity index (χ0) is 10.7. The van der Waals surface area contributed by atoms with Gasteiger partial charge < -0.3 is 4.90 Å². The summed E-state index contributed by atoms with van der Waals surface area (Å²) >= 11 is 5.50. The minimum absolute atomic E-state index is 0.615. The molecule has 1 aromatic rings. The lowest BCUT2D eigenvalue weighted by atomic mass is 10.1. The Kier molecular flexibility index (Phi) is 3.86. The summed E-state index contributed by atoms with van der Waals surface area (Å²) in [7, 11) is 2.25. The molecule has 0 amide bonds. The van der Waals surface area contributed by atoms with Crippen molar-refractivity contribution in [2.75, 3.05) is 25.5 Å². The van der Waals surface area contributed by atoms with Gasteiger partial charge in [-0.1, -0.05) is 22.0 Å². The Morgan fingerprint density at radius 3 is 2.87 bits per heavy atom. The first-order valence-corrected chi connectivity index (χ1v) is 7.51. The summed E-state index contributed by atoms with van der Waals surface area (Å²) in [5.41, 5.74) is 0.615. The van der Waals surface area contributed by atoms with Crippen molar-refractivity contribution in [2.24, 2.45) is 5.41 Å². The van der Waals surface area contributed by atoms with Crippen molar-refractivity contribution >= 4 is 27.3 Å². The molecule has 0 radical (unpaired) electrons. The van der Waals surface area contributed by atoms with E-state index in [0.717, 1.165) is 0 Å². The molecule has 0 aliphatic heterocycles. The molecule has 0 atom stereocenters. The third kappa shape index (κ3) is 3.30. The van der Waals surface area contributed by atoms with E-state index in [0.29, 0.717) is 5.41 Å². The molecule has 1 nitrogen and oxygen atoms in total. The molecule has 1 aromatic heterocycles. The fourth-order valence-corrected chi connectivity index (χ4v) is 3.35. The maximum Gasteiger partial charge on any atom is 0.0100 e. The molecule has 1 aliphatic rings. The summed E-state index contributed by atoms with van der Waals surface area (Å²) in [4.78, 5) is 3.99. The highest BCUT2D eigenvalue weighted by Crippen LogP contribution is 2.47. The van der Waals surface area contributed by atoms with Crippen LogP contribution in [0.1, 0.15) is 17.7 Å². The highest BCUT2D eigenvalue weighted by atomic mass is 79.9. The van der Waals surface area contributed by atoms with Crippen LogP contribution in [0.4, 0.5) is 0 Å². The molecule has 0 bridgehead atoms. The van der Waals surface area contributed by atoms with E-state index in [4.69, 9.17) is 0 Å². The van der Waals surface area contributed by atoms with Gasteiger partial charge in [0.2, 0.25) is 0 Å². The van der Waals surface area contributed by atoms with E-state index in [-0.39, 0.29) is 0 Å². The lowest BCUT2D eigenvalue weighted by Crippen LogP contribution is -2.29. The Balaban J connectivity index is 1.71. The van der Waals surface area contributed by atoms with Gasteiger partial charge >= 0.3 is 0 Å². The van der Waals surface area contributed by atoms with Gasteiger partial charge in [-0.05, 0) is 43.2 Å². The van der Waals surface area contributed by atoms with Gasteiger partial charge in [0.15, 0.2) is 0 Å². The lowest BCUT2D eigenvalue weighted by Gasteiger charge is -2.21. The average Bonchev–Trinajstić information content (AvgIpc) is 2.80. The normalized spacial score (nSPS) is 18.3. The van der Waals surface area contributed by atoms with Crippen molar-refractivity contribution in [1.82, 2.24) is 4.90 Å². The number of alkyl halides is 1. The standard InChI is InChI=1S/C12H18BrNS/c1-14(10-12(9-13)5-6-12)7-4-11-3-2-8-15-11/h2-3,8H,4-7,9-10H2,1H3. The number of rotatable bonds is 6. The minimum atomic E-state index is 0.615. The van der Waals surface area contributed by atoms with Crippen LogP contribution in [-0.2, 0) is 6.42 Å². The second kappa shape index (κ2) is 4.98. The van der Waals surface area contributed by atoms with E-state index < -0.39 is 0 Å². The lowest BCUT2D eigenvalue weighted by molar-refractivity contribution is 0.282. The van der Waals surface area contributed by atoms with Crippen LogP contribution in [-0.4, -0.2) is 30.4 Å². The zero-order valence-corrected chi connectivity index (χ0v) is 11.6. The molecule has 0 unspecified atom stereocenters. The first-order valence-electron chi connectivity index (χ1n) is 5.51. The number of nitrogens with zero attached hydrogens (tertiary/aromatic N) is 1. The van der Waals surface area contributed by atoms with E-state index in [9.17, 15) is 0 Å². The smallest absolute Gasteiger partial charge is 0.0100 e.